The van der Waals surface area contributed by atoms with Crippen LogP contribution in [0.1, 0.15) is 23.6 Å². The molecule has 2 heterocycles. The Bertz CT molecular complexity index is 478. The van der Waals surface area contributed by atoms with Crippen molar-refractivity contribution in [2.24, 2.45) is 11.7 Å². The second-order valence-corrected chi connectivity index (χ2v) is 6.04. The highest BCUT2D eigenvalue weighted by molar-refractivity contribution is 5.36. The van der Waals surface area contributed by atoms with E-state index in [4.69, 9.17) is 15.2 Å². The van der Waals surface area contributed by atoms with Crippen LogP contribution in [0.5, 0.6) is 0 Å². The van der Waals surface area contributed by atoms with Crippen molar-refractivity contribution in [2.75, 3.05) is 32.8 Å². The number of ether oxygens (including phenoxy) is 2. The molecule has 2 aliphatic rings. The second-order valence-electron chi connectivity index (χ2n) is 6.04. The molecule has 0 unspecified atom stereocenters. The van der Waals surface area contributed by atoms with Gasteiger partial charge in [0.15, 0.2) is 0 Å². The van der Waals surface area contributed by atoms with Crippen LogP contribution >= 0.6 is 0 Å². The van der Waals surface area contributed by atoms with Gasteiger partial charge in [0.2, 0.25) is 0 Å². The summed E-state index contributed by atoms with van der Waals surface area (Å²) in [7, 11) is 0. The fourth-order valence-electron chi connectivity index (χ4n) is 3.58. The average molecular weight is 290 g/mol. The van der Waals surface area contributed by atoms with Crippen LogP contribution in [0.2, 0.25) is 0 Å². The third-order valence-electron chi connectivity index (χ3n) is 4.66. The highest BCUT2D eigenvalue weighted by Gasteiger charge is 2.32. The number of fused-ring (bicyclic) bond motifs is 1. The Morgan fingerprint density at radius 2 is 2.29 bits per heavy atom. The van der Waals surface area contributed by atoms with Gasteiger partial charge in [-0.05, 0) is 36.6 Å². The molecule has 1 aromatic rings. The first-order valence-corrected chi connectivity index (χ1v) is 8.03. The number of nitrogens with zero attached hydrogens (tertiary/aromatic N) is 1. The van der Waals surface area contributed by atoms with Crippen molar-refractivity contribution in [3.05, 3.63) is 34.9 Å². The van der Waals surface area contributed by atoms with Crippen LogP contribution in [0.15, 0.2) is 18.2 Å². The summed E-state index contributed by atoms with van der Waals surface area (Å²) in [4.78, 5) is 2.49. The van der Waals surface area contributed by atoms with Crippen molar-refractivity contribution < 1.29 is 9.47 Å². The average Bonchev–Trinajstić information content (AvgIpc) is 2.90. The number of benzene rings is 1. The molecule has 0 saturated carbocycles. The molecular formula is C17H26N2O2. The molecule has 2 aliphatic heterocycles. The van der Waals surface area contributed by atoms with Gasteiger partial charge in [0.25, 0.3) is 0 Å². The molecule has 2 N–H and O–H groups in total. The summed E-state index contributed by atoms with van der Waals surface area (Å²) in [6, 6.07) is 6.60. The maximum Gasteiger partial charge on any atom is 0.0754 e. The van der Waals surface area contributed by atoms with E-state index in [-0.39, 0.29) is 0 Å². The van der Waals surface area contributed by atoms with Gasteiger partial charge in [-0.3, -0.25) is 4.90 Å². The molecule has 1 aromatic carbocycles. The molecule has 1 saturated heterocycles. The SMILES string of the molecule is CCO[C@@H]1CN(Cc2cccc3c2CCOC3)C[C@H]1CN. The maximum absolute atomic E-state index is 5.90. The van der Waals surface area contributed by atoms with E-state index in [1.807, 2.05) is 0 Å². The van der Waals surface area contributed by atoms with Crippen LogP contribution in [0, 0.1) is 5.92 Å². The normalized spacial score (nSPS) is 26.0. The predicted molar refractivity (Wildman–Crippen MR) is 83.0 cm³/mol. The molecule has 0 radical (unpaired) electrons. The van der Waals surface area contributed by atoms with Gasteiger partial charge in [0, 0.05) is 32.2 Å². The molecule has 4 nitrogen and oxygen atoms in total. The van der Waals surface area contributed by atoms with Crippen molar-refractivity contribution in [1.82, 2.24) is 4.90 Å². The van der Waals surface area contributed by atoms with E-state index in [1.165, 1.54) is 16.7 Å². The summed E-state index contributed by atoms with van der Waals surface area (Å²) in [5.74, 6) is 0.466. The zero-order valence-corrected chi connectivity index (χ0v) is 12.9. The molecule has 1 fully saturated rings. The Hall–Kier alpha value is -0.940. The van der Waals surface area contributed by atoms with Crippen molar-refractivity contribution in [2.45, 2.75) is 32.6 Å². The lowest BCUT2D eigenvalue weighted by Crippen LogP contribution is -2.28. The Balaban J connectivity index is 1.70. The highest BCUT2D eigenvalue weighted by Crippen LogP contribution is 2.25. The van der Waals surface area contributed by atoms with Crippen LogP contribution in [0.4, 0.5) is 0 Å². The predicted octanol–water partition coefficient (Wildman–Crippen LogP) is 1.55. The Morgan fingerprint density at radius 1 is 1.38 bits per heavy atom. The number of hydrogen-bond acceptors (Lipinski definition) is 4. The quantitative estimate of drug-likeness (QED) is 0.894. The fraction of sp³-hybridized carbons (Fsp3) is 0.647. The molecule has 3 rings (SSSR count). The van der Waals surface area contributed by atoms with Gasteiger partial charge in [-0.2, -0.15) is 0 Å². The topological polar surface area (TPSA) is 47.7 Å². The minimum Gasteiger partial charge on any atom is -0.377 e. The summed E-state index contributed by atoms with van der Waals surface area (Å²) >= 11 is 0. The smallest absolute Gasteiger partial charge is 0.0754 e. The monoisotopic (exact) mass is 290 g/mol. The van der Waals surface area contributed by atoms with Crippen molar-refractivity contribution in [1.29, 1.82) is 0 Å². The van der Waals surface area contributed by atoms with E-state index in [1.54, 1.807) is 0 Å². The number of likely N-dealkylation sites (tertiary alicyclic amines) is 1. The molecule has 4 heteroatoms. The Labute approximate surface area is 127 Å². The van der Waals surface area contributed by atoms with Crippen LogP contribution in [-0.2, 0) is 29.0 Å². The van der Waals surface area contributed by atoms with E-state index in [9.17, 15) is 0 Å². The Morgan fingerprint density at radius 3 is 3.10 bits per heavy atom. The number of nitrogens with two attached hydrogens (primary N) is 1. The molecular weight excluding hydrogens is 264 g/mol. The van der Waals surface area contributed by atoms with Crippen LogP contribution in [0.3, 0.4) is 0 Å². The fourth-order valence-corrected chi connectivity index (χ4v) is 3.58. The first kappa shape index (κ1) is 15.0. The first-order chi connectivity index (χ1) is 10.3. The number of hydrogen-bond donors (Lipinski definition) is 1. The van der Waals surface area contributed by atoms with Crippen LogP contribution < -0.4 is 5.73 Å². The highest BCUT2D eigenvalue weighted by atomic mass is 16.5. The summed E-state index contributed by atoms with van der Waals surface area (Å²) in [5.41, 5.74) is 10.2. The zero-order chi connectivity index (χ0) is 14.7. The van der Waals surface area contributed by atoms with Gasteiger partial charge >= 0.3 is 0 Å². The van der Waals surface area contributed by atoms with Gasteiger partial charge < -0.3 is 15.2 Å². The van der Waals surface area contributed by atoms with Crippen molar-refractivity contribution in [3.8, 4) is 0 Å². The van der Waals surface area contributed by atoms with Crippen molar-refractivity contribution >= 4 is 0 Å². The van der Waals surface area contributed by atoms with Gasteiger partial charge in [0.1, 0.15) is 0 Å². The lowest BCUT2D eigenvalue weighted by Gasteiger charge is -2.23. The summed E-state index contributed by atoms with van der Waals surface area (Å²) in [6.07, 6.45) is 1.33. The molecule has 0 amide bonds. The maximum atomic E-state index is 5.90. The van der Waals surface area contributed by atoms with Crippen molar-refractivity contribution in [3.63, 3.8) is 0 Å². The summed E-state index contributed by atoms with van der Waals surface area (Å²) in [5, 5.41) is 0. The molecule has 0 aromatic heterocycles. The molecule has 0 spiro atoms. The standard InChI is InChI=1S/C17H26N2O2/c1-2-21-17-11-19(10-15(17)8-18)9-13-4-3-5-14-12-20-7-6-16(13)14/h3-5,15,17H,2,6-12,18H2,1H3/t15-,17-/m1/s1. The summed E-state index contributed by atoms with van der Waals surface area (Å²) in [6.45, 7) is 8.19. The number of rotatable bonds is 5. The molecule has 2 atom stereocenters. The summed E-state index contributed by atoms with van der Waals surface area (Å²) < 4.78 is 11.4. The third kappa shape index (κ3) is 3.29. The third-order valence-corrected chi connectivity index (χ3v) is 4.66. The van der Waals surface area contributed by atoms with Gasteiger partial charge in [-0.15, -0.1) is 0 Å². The molecule has 21 heavy (non-hydrogen) atoms. The molecule has 0 aliphatic carbocycles. The first-order valence-electron chi connectivity index (χ1n) is 8.03. The van der Waals surface area contributed by atoms with Gasteiger partial charge in [-0.1, -0.05) is 18.2 Å². The van der Waals surface area contributed by atoms with E-state index >= 15 is 0 Å². The van der Waals surface area contributed by atoms with Gasteiger partial charge in [0.05, 0.1) is 19.3 Å². The Kier molecular flexibility index (Phi) is 4.91. The zero-order valence-electron chi connectivity index (χ0n) is 12.9. The minimum absolute atomic E-state index is 0.294. The van der Waals surface area contributed by atoms with Crippen LogP contribution in [0.25, 0.3) is 0 Å². The molecule has 116 valence electrons. The lowest BCUT2D eigenvalue weighted by molar-refractivity contribution is 0.0446. The minimum atomic E-state index is 0.294. The van der Waals surface area contributed by atoms with E-state index in [2.05, 4.69) is 30.0 Å². The van der Waals surface area contributed by atoms with Crippen LogP contribution in [-0.4, -0.2) is 43.9 Å². The van der Waals surface area contributed by atoms with E-state index in [0.717, 1.165) is 45.9 Å². The second kappa shape index (κ2) is 6.88. The van der Waals surface area contributed by atoms with Gasteiger partial charge in [-0.25, -0.2) is 0 Å². The van der Waals surface area contributed by atoms with E-state index < -0.39 is 0 Å². The lowest BCUT2D eigenvalue weighted by atomic mass is 9.97. The van der Waals surface area contributed by atoms with E-state index in [0.29, 0.717) is 18.6 Å². The molecule has 0 bridgehead atoms. The largest absolute Gasteiger partial charge is 0.377 e.